The summed E-state index contributed by atoms with van der Waals surface area (Å²) in [6, 6.07) is 13.6. The van der Waals surface area contributed by atoms with Gasteiger partial charge in [-0.05, 0) is 37.3 Å². The van der Waals surface area contributed by atoms with Gasteiger partial charge < -0.3 is 10.1 Å². The Morgan fingerprint density at radius 2 is 1.90 bits per heavy atom. The van der Waals surface area contributed by atoms with E-state index in [1.165, 1.54) is 35.6 Å². The second kappa shape index (κ2) is 7.82. The van der Waals surface area contributed by atoms with Gasteiger partial charge in [0.05, 0.1) is 17.2 Å². The summed E-state index contributed by atoms with van der Waals surface area (Å²) in [7, 11) is -3.80. The number of amides is 1. The molecule has 0 unspecified atom stereocenters. The van der Waals surface area contributed by atoms with Crippen molar-refractivity contribution in [3.8, 4) is 5.75 Å². The van der Waals surface area contributed by atoms with Gasteiger partial charge in [0, 0.05) is 33.2 Å². The molecule has 0 aliphatic carbocycles. The molecule has 1 aliphatic rings. The summed E-state index contributed by atoms with van der Waals surface area (Å²) in [6.45, 7) is 2.40. The second-order valence-electron chi connectivity index (χ2n) is 6.57. The minimum absolute atomic E-state index is 0.103. The van der Waals surface area contributed by atoms with Crippen LogP contribution in [-0.2, 0) is 14.6 Å². The Balaban J connectivity index is 1.82. The number of hydrogen-bond donors (Lipinski definition) is 1. The van der Waals surface area contributed by atoms with Crippen LogP contribution in [0.4, 0.5) is 5.69 Å². The molecule has 8 heteroatoms. The predicted molar refractivity (Wildman–Crippen MR) is 114 cm³/mol. The average Bonchev–Trinajstić information content (AvgIpc) is 3.13. The SMILES string of the molecule is CCOc1ccccc1[C@@H]1CC(=O)Nc2c(S(=O)(=O)c3ccc(Cl)cc3)csc21. The van der Waals surface area contributed by atoms with Crippen LogP contribution in [0, 0.1) is 0 Å². The highest BCUT2D eigenvalue weighted by atomic mass is 35.5. The summed E-state index contributed by atoms with van der Waals surface area (Å²) in [5.41, 5.74) is 1.24. The number of benzene rings is 2. The van der Waals surface area contributed by atoms with E-state index in [1.807, 2.05) is 31.2 Å². The van der Waals surface area contributed by atoms with Crippen LogP contribution in [0.2, 0.25) is 5.02 Å². The number of hydrogen-bond acceptors (Lipinski definition) is 5. The standard InChI is InChI=1S/C21H18ClNO4S2/c1-2-27-17-6-4-3-5-15(17)16-11-19(24)23-20-18(12-28-21(16)20)29(25,26)14-9-7-13(22)8-10-14/h3-10,12,16H,2,11H2,1H3,(H,23,24)/t16-/m0/s1. The number of anilines is 1. The van der Waals surface area contributed by atoms with Crippen LogP contribution in [0.25, 0.3) is 0 Å². The quantitative estimate of drug-likeness (QED) is 0.590. The predicted octanol–water partition coefficient (Wildman–Crippen LogP) is 5.11. The van der Waals surface area contributed by atoms with Crippen LogP contribution in [-0.4, -0.2) is 20.9 Å². The molecule has 1 aliphatic heterocycles. The smallest absolute Gasteiger partial charge is 0.225 e. The zero-order valence-electron chi connectivity index (χ0n) is 15.5. The summed E-state index contributed by atoms with van der Waals surface area (Å²) in [4.78, 5) is 13.5. The molecular weight excluding hydrogens is 430 g/mol. The third-order valence-corrected chi connectivity index (χ3v) is 8.05. The number of thiophene rings is 1. The van der Waals surface area contributed by atoms with Crippen molar-refractivity contribution in [1.29, 1.82) is 0 Å². The maximum atomic E-state index is 13.2. The van der Waals surface area contributed by atoms with Crippen molar-refractivity contribution in [1.82, 2.24) is 0 Å². The topological polar surface area (TPSA) is 72.5 Å². The number of halogens is 1. The summed E-state index contributed by atoms with van der Waals surface area (Å²) in [5.74, 6) is 0.219. The molecule has 2 aromatic carbocycles. The van der Waals surface area contributed by atoms with Gasteiger partial charge in [-0.15, -0.1) is 11.3 Å². The molecule has 29 heavy (non-hydrogen) atoms. The van der Waals surface area contributed by atoms with Crippen molar-refractivity contribution in [3.05, 3.63) is 69.4 Å². The Labute approximate surface area is 178 Å². The Morgan fingerprint density at radius 3 is 2.62 bits per heavy atom. The number of carbonyl (C=O) groups excluding carboxylic acids is 1. The minimum atomic E-state index is -3.80. The largest absolute Gasteiger partial charge is 0.494 e. The summed E-state index contributed by atoms with van der Waals surface area (Å²) in [6.07, 6.45) is 0.234. The fourth-order valence-corrected chi connectivity index (χ4v) is 6.47. The first-order valence-corrected chi connectivity index (χ1v) is 11.8. The molecule has 3 aromatic rings. The number of ether oxygens (including phenoxy) is 1. The van der Waals surface area contributed by atoms with Crippen molar-refractivity contribution in [2.45, 2.75) is 29.1 Å². The van der Waals surface area contributed by atoms with Crippen molar-refractivity contribution in [3.63, 3.8) is 0 Å². The zero-order valence-corrected chi connectivity index (χ0v) is 17.9. The molecular formula is C21H18ClNO4S2. The molecule has 5 nitrogen and oxygen atoms in total. The van der Waals surface area contributed by atoms with Gasteiger partial charge in [0.1, 0.15) is 10.6 Å². The number of rotatable bonds is 5. The lowest BCUT2D eigenvalue weighted by atomic mass is 9.90. The fraction of sp³-hybridized carbons (Fsp3) is 0.190. The molecule has 0 saturated heterocycles. The number of fused-ring (bicyclic) bond motifs is 1. The monoisotopic (exact) mass is 447 g/mol. The van der Waals surface area contributed by atoms with Crippen LogP contribution in [0.1, 0.15) is 29.7 Å². The molecule has 0 spiro atoms. The first kappa shape index (κ1) is 19.9. The lowest BCUT2D eigenvalue weighted by Crippen LogP contribution is -2.23. The lowest BCUT2D eigenvalue weighted by molar-refractivity contribution is -0.116. The Hall–Kier alpha value is -2.35. The molecule has 0 bridgehead atoms. The molecule has 0 saturated carbocycles. The lowest BCUT2D eigenvalue weighted by Gasteiger charge is -2.25. The van der Waals surface area contributed by atoms with Gasteiger partial charge in [-0.25, -0.2) is 8.42 Å². The maximum Gasteiger partial charge on any atom is 0.225 e. The zero-order chi connectivity index (χ0) is 20.6. The minimum Gasteiger partial charge on any atom is -0.494 e. The van der Waals surface area contributed by atoms with E-state index in [0.29, 0.717) is 23.1 Å². The van der Waals surface area contributed by atoms with E-state index >= 15 is 0 Å². The van der Waals surface area contributed by atoms with Crippen LogP contribution >= 0.6 is 22.9 Å². The number of sulfone groups is 1. The Morgan fingerprint density at radius 1 is 1.17 bits per heavy atom. The highest BCUT2D eigenvalue weighted by Crippen LogP contribution is 2.47. The van der Waals surface area contributed by atoms with E-state index < -0.39 is 9.84 Å². The summed E-state index contributed by atoms with van der Waals surface area (Å²) in [5, 5.41) is 4.82. The third-order valence-electron chi connectivity index (χ3n) is 4.76. The second-order valence-corrected chi connectivity index (χ2v) is 9.84. The number of para-hydroxylation sites is 1. The molecule has 1 atom stereocenters. The molecule has 150 valence electrons. The fourth-order valence-electron chi connectivity index (χ4n) is 3.45. The normalized spacial score (nSPS) is 16.2. The van der Waals surface area contributed by atoms with Gasteiger partial charge in [0.15, 0.2) is 0 Å². The average molecular weight is 448 g/mol. The van der Waals surface area contributed by atoms with Crippen LogP contribution < -0.4 is 10.1 Å². The third kappa shape index (κ3) is 3.66. The van der Waals surface area contributed by atoms with Crippen LogP contribution in [0.5, 0.6) is 5.75 Å². The van der Waals surface area contributed by atoms with Gasteiger partial charge in [-0.3, -0.25) is 4.79 Å². The van der Waals surface area contributed by atoms with Gasteiger partial charge in [-0.1, -0.05) is 29.8 Å². The van der Waals surface area contributed by atoms with E-state index in [4.69, 9.17) is 16.3 Å². The van der Waals surface area contributed by atoms with Gasteiger partial charge in [0.2, 0.25) is 15.7 Å². The van der Waals surface area contributed by atoms with E-state index in [9.17, 15) is 13.2 Å². The van der Waals surface area contributed by atoms with Gasteiger partial charge >= 0.3 is 0 Å². The molecule has 2 heterocycles. The molecule has 0 radical (unpaired) electrons. The van der Waals surface area contributed by atoms with E-state index in [0.717, 1.165) is 10.4 Å². The van der Waals surface area contributed by atoms with Crippen molar-refractivity contribution < 1.29 is 17.9 Å². The van der Waals surface area contributed by atoms with E-state index in [2.05, 4.69) is 5.32 Å². The van der Waals surface area contributed by atoms with Crippen LogP contribution in [0.15, 0.2) is 63.7 Å². The first-order valence-electron chi connectivity index (χ1n) is 9.05. The summed E-state index contributed by atoms with van der Waals surface area (Å²) < 4.78 is 32.1. The maximum absolute atomic E-state index is 13.2. The highest BCUT2D eigenvalue weighted by Gasteiger charge is 2.35. The summed E-state index contributed by atoms with van der Waals surface area (Å²) >= 11 is 7.22. The van der Waals surface area contributed by atoms with E-state index in [1.54, 1.807) is 5.38 Å². The first-order chi connectivity index (χ1) is 13.9. The number of carbonyl (C=O) groups is 1. The molecule has 4 rings (SSSR count). The Kier molecular flexibility index (Phi) is 5.38. The molecule has 1 N–H and O–H groups in total. The van der Waals surface area contributed by atoms with Crippen LogP contribution in [0.3, 0.4) is 0 Å². The molecule has 1 aromatic heterocycles. The Bertz CT molecular complexity index is 1170. The van der Waals surface area contributed by atoms with E-state index in [-0.39, 0.29) is 28.0 Å². The highest BCUT2D eigenvalue weighted by molar-refractivity contribution is 7.91. The molecule has 1 amide bonds. The van der Waals surface area contributed by atoms with Gasteiger partial charge in [-0.2, -0.15) is 0 Å². The van der Waals surface area contributed by atoms with Gasteiger partial charge in [0.25, 0.3) is 0 Å². The van der Waals surface area contributed by atoms with Crippen molar-refractivity contribution in [2.24, 2.45) is 0 Å². The van der Waals surface area contributed by atoms with Crippen molar-refractivity contribution >= 4 is 44.4 Å². The number of nitrogens with one attached hydrogen (secondary N) is 1. The molecule has 0 fully saturated rings. The van der Waals surface area contributed by atoms with Crippen molar-refractivity contribution in [2.75, 3.05) is 11.9 Å².